The van der Waals surface area contributed by atoms with E-state index in [0.717, 1.165) is 37.9 Å². The van der Waals surface area contributed by atoms with Gasteiger partial charge in [-0.05, 0) is 38.1 Å². The van der Waals surface area contributed by atoms with Gasteiger partial charge in [-0.3, -0.25) is 4.90 Å². The second-order valence-corrected chi connectivity index (χ2v) is 7.22. The van der Waals surface area contributed by atoms with Gasteiger partial charge in [0.05, 0.1) is 13.2 Å². The molecule has 2 saturated carbocycles. The minimum absolute atomic E-state index is 0.254. The molecular formula is C16H28N2O2. The van der Waals surface area contributed by atoms with Gasteiger partial charge in [-0.15, -0.1) is 0 Å². The Hall–Kier alpha value is -0.160. The molecule has 2 heterocycles. The van der Waals surface area contributed by atoms with E-state index in [-0.39, 0.29) is 5.79 Å². The summed E-state index contributed by atoms with van der Waals surface area (Å²) >= 11 is 0. The third-order valence-corrected chi connectivity index (χ3v) is 6.23. The number of likely N-dealkylation sites (tertiary alicyclic amines) is 1. The largest absolute Gasteiger partial charge is 0.347 e. The average Bonchev–Trinajstić information content (AvgIpc) is 3.14. The normalized spacial score (nSPS) is 44.2. The molecular weight excluding hydrogens is 252 g/mol. The summed E-state index contributed by atoms with van der Waals surface area (Å²) in [5.74, 6) is 1.68. The SMILES string of the molecule is CNC1CCC2(CC1N1CC3CCCC3C1)OCCO2. The lowest BCUT2D eigenvalue weighted by Crippen LogP contribution is -2.56. The summed E-state index contributed by atoms with van der Waals surface area (Å²) in [5.41, 5.74) is 0. The molecule has 20 heavy (non-hydrogen) atoms. The van der Waals surface area contributed by atoms with E-state index in [1.54, 1.807) is 0 Å². The predicted molar refractivity (Wildman–Crippen MR) is 77.5 cm³/mol. The Morgan fingerprint density at radius 3 is 2.40 bits per heavy atom. The molecule has 0 amide bonds. The van der Waals surface area contributed by atoms with Crippen LogP contribution in [0.4, 0.5) is 0 Å². The van der Waals surface area contributed by atoms with Crippen molar-refractivity contribution < 1.29 is 9.47 Å². The fraction of sp³-hybridized carbons (Fsp3) is 1.00. The van der Waals surface area contributed by atoms with Crippen LogP contribution in [0.3, 0.4) is 0 Å². The first-order chi connectivity index (χ1) is 9.80. The smallest absolute Gasteiger partial charge is 0.170 e. The summed E-state index contributed by atoms with van der Waals surface area (Å²) in [6, 6.07) is 1.20. The summed E-state index contributed by atoms with van der Waals surface area (Å²) in [5, 5.41) is 3.55. The highest BCUT2D eigenvalue weighted by molar-refractivity contribution is 5.00. The Morgan fingerprint density at radius 2 is 1.75 bits per heavy atom. The molecule has 4 nitrogen and oxygen atoms in total. The zero-order valence-corrected chi connectivity index (χ0v) is 12.6. The highest BCUT2D eigenvalue weighted by Gasteiger charge is 2.49. The maximum atomic E-state index is 5.98. The van der Waals surface area contributed by atoms with Gasteiger partial charge in [0.2, 0.25) is 0 Å². The zero-order valence-electron chi connectivity index (χ0n) is 12.6. The van der Waals surface area contributed by atoms with Crippen molar-refractivity contribution in [3.63, 3.8) is 0 Å². The molecule has 0 bridgehead atoms. The van der Waals surface area contributed by atoms with E-state index in [2.05, 4.69) is 17.3 Å². The fourth-order valence-corrected chi connectivity index (χ4v) is 5.15. The van der Waals surface area contributed by atoms with Crippen LogP contribution in [0.1, 0.15) is 38.5 Å². The van der Waals surface area contributed by atoms with Gasteiger partial charge < -0.3 is 14.8 Å². The van der Waals surface area contributed by atoms with Crippen LogP contribution in [0.2, 0.25) is 0 Å². The molecule has 114 valence electrons. The first kappa shape index (κ1) is 13.5. The summed E-state index contributed by atoms with van der Waals surface area (Å²) in [4.78, 5) is 2.75. The minimum Gasteiger partial charge on any atom is -0.347 e. The maximum Gasteiger partial charge on any atom is 0.170 e. The van der Waals surface area contributed by atoms with Crippen molar-refractivity contribution in [2.45, 2.75) is 56.4 Å². The number of likely N-dealkylation sites (N-methyl/N-ethyl adjacent to an activating group) is 1. The second-order valence-electron chi connectivity index (χ2n) is 7.22. The van der Waals surface area contributed by atoms with Crippen LogP contribution in [0.5, 0.6) is 0 Å². The number of rotatable bonds is 2. The Kier molecular flexibility index (Phi) is 3.53. The average molecular weight is 280 g/mol. The lowest BCUT2D eigenvalue weighted by atomic mass is 9.84. The van der Waals surface area contributed by atoms with Crippen LogP contribution < -0.4 is 5.32 Å². The minimum atomic E-state index is -0.254. The van der Waals surface area contributed by atoms with E-state index in [4.69, 9.17) is 9.47 Å². The molecule has 1 spiro atoms. The van der Waals surface area contributed by atoms with Gasteiger partial charge >= 0.3 is 0 Å². The molecule has 0 aromatic carbocycles. The number of hydrogen-bond acceptors (Lipinski definition) is 4. The Labute approximate surface area is 122 Å². The van der Waals surface area contributed by atoms with Crippen LogP contribution in [0, 0.1) is 11.8 Å². The van der Waals surface area contributed by atoms with E-state index < -0.39 is 0 Å². The topological polar surface area (TPSA) is 33.7 Å². The molecule has 4 heteroatoms. The van der Waals surface area contributed by atoms with Gasteiger partial charge in [0.1, 0.15) is 0 Å². The van der Waals surface area contributed by atoms with E-state index in [1.165, 1.54) is 38.8 Å². The highest BCUT2D eigenvalue weighted by Crippen LogP contribution is 2.43. The molecule has 4 aliphatic rings. The molecule has 4 unspecified atom stereocenters. The summed E-state index contributed by atoms with van der Waals surface area (Å²) in [6.45, 7) is 4.18. The van der Waals surface area contributed by atoms with Crippen LogP contribution in [-0.2, 0) is 9.47 Å². The summed E-state index contributed by atoms with van der Waals surface area (Å²) in [6.07, 6.45) is 7.65. The fourth-order valence-electron chi connectivity index (χ4n) is 5.15. The van der Waals surface area contributed by atoms with E-state index >= 15 is 0 Å². The van der Waals surface area contributed by atoms with Crippen LogP contribution >= 0.6 is 0 Å². The molecule has 1 N–H and O–H groups in total. The van der Waals surface area contributed by atoms with Gasteiger partial charge in [-0.25, -0.2) is 0 Å². The van der Waals surface area contributed by atoms with Crippen molar-refractivity contribution in [1.82, 2.24) is 10.2 Å². The quantitative estimate of drug-likeness (QED) is 0.833. The van der Waals surface area contributed by atoms with Crippen molar-refractivity contribution in [1.29, 1.82) is 0 Å². The highest BCUT2D eigenvalue weighted by atomic mass is 16.7. The van der Waals surface area contributed by atoms with Gasteiger partial charge in [0.25, 0.3) is 0 Å². The molecule has 2 aliphatic heterocycles. The molecule has 4 atom stereocenters. The van der Waals surface area contributed by atoms with E-state index in [1.807, 2.05) is 0 Å². The molecule has 2 aliphatic carbocycles. The van der Waals surface area contributed by atoms with Gasteiger partial charge in [-0.1, -0.05) is 6.42 Å². The summed E-state index contributed by atoms with van der Waals surface area (Å²) < 4.78 is 12.0. The lowest BCUT2D eigenvalue weighted by Gasteiger charge is -2.45. The number of nitrogens with one attached hydrogen (secondary N) is 1. The molecule has 0 radical (unpaired) electrons. The Morgan fingerprint density at radius 1 is 1.05 bits per heavy atom. The van der Waals surface area contributed by atoms with Crippen molar-refractivity contribution >= 4 is 0 Å². The molecule has 2 saturated heterocycles. The first-order valence-electron chi connectivity index (χ1n) is 8.49. The first-order valence-corrected chi connectivity index (χ1v) is 8.49. The predicted octanol–water partition coefficient (Wildman–Crippen LogP) is 1.60. The van der Waals surface area contributed by atoms with Gasteiger partial charge in [-0.2, -0.15) is 0 Å². The van der Waals surface area contributed by atoms with Crippen molar-refractivity contribution in [3.8, 4) is 0 Å². The van der Waals surface area contributed by atoms with E-state index in [9.17, 15) is 0 Å². The van der Waals surface area contributed by atoms with Gasteiger partial charge in [0, 0.05) is 38.0 Å². The number of nitrogens with zero attached hydrogens (tertiary/aromatic N) is 1. The van der Waals surface area contributed by atoms with Crippen LogP contribution in [-0.4, -0.2) is 56.1 Å². The monoisotopic (exact) mass is 280 g/mol. The zero-order chi connectivity index (χ0) is 13.6. The van der Waals surface area contributed by atoms with Crippen LogP contribution in [0.15, 0.2) is 0 Å². The summed E-state index contributed by atoms with van der Waals surface area (Å²) in [7, 11) is 2.11. The number of fused-ring (bicyclic) bond motifs is 1. The Balaban J connectivity index is 1.48. The van der Waals surface area contributed by atoms with Crippen LogP contribution in [0.25, 0.3) is 0 Å². The third kappa shape index (κ3) is 2.21. The van der Waals surface area contributed by atoms with Crippen molar-refractivity contribution in [2.24, 2.45) is 11.8 Å². The number of ether oxygens (including phenoxy) is 2. The molecule has 4 fully saturated rings. The van der Waals surface area contributed by atoms with Crippen molar-refractivity contribution in [2.75, 3.05) is 33.4 Å². The van der Waals surface area contributed by atoms with E-state index in [0.29, 0.717) is 12.1 Å². The lowest BCUT2D eigenvalue weighted by molar-refractivity contribution is -0.192. The van der Waals surface area contributed by atoms with Crippen molar-refractivity contribution in [3.05, 3.63) is 0 Å². The maximum absolute atomic E-state index is 5.98. The third-order valence-electron chi connectivity index (χ3n) is 6.23. The van der Waals surface area contributed by atoms with Gasteiger partial charge in [0.15, 0.2) is 5.79 Å². The molecule has 4 rings (SSSR count). The second kappa shape index (κ2) is 5.24. The molecule has 0 aromatic heterocycles. The molecule has 0 aromatic rings. The number of hydrogen-bond donors (Lipinski definition) is 1. The standard InChI is InChI=1S/C16H28N2O2/c1-17-14-5-6-16(19-7-8-20-16)9-15(14)18-10-12-3-2-4-13(12)11-18/h12-15,17H,2-11H2,1H3. The Bertz CT molecular complexity index is 344.